The van der Waals surface area contributed by atoms with Gasteiger partial charge in [-0.1, -0.05) is 19.1 Å². The molecule has 1 N–H and O–H groups in total. The van der Waals surface area contributed by atoms with Crippen LogP contribution in [0.5, 0.6) is 11.5 Å². The normalized spacial score (nSPS) is 10.7. The molecular formula is C20H21NO5. The average Bonchev–Trinajstić information content (AvgIpc) is 2.62. The smallest absolute Gasteiger partial charge is 0.337 e. The zero-order valence-corrected chi connectivity index (χ0v) is 14.8. The van der Waals surface area contributed by atoms with Crippen LogP contribution >= 0.6 is 0 Å². The molecule has 0 fully saturated rings. The number of ether oxygens (including phenoxy) is 2. The SMILES string of the molecule is CCCC(=O)Oc1ccc(C=Nc2ccccc2C(=O)O)cc1OCC. The summed E-state index contributed by atoms with van der Waals surface area (Å²) >= 11 is 0. The first-order valence-electron chi connectivity index (χ1n) is 8.39. The predicted octanol–water partition coefficient (Wildman–Crippen LogP) is 4.24. The number of carbonyl (C=O) groups is 2. The van der Waals surface area contributed by atoms with Crippen molar-refractivity contribution in [2.24, 2.45) is 4.99 Å². The van der Waals surface area contributed by atoms with E-state index >= 15 is 0 Å². The maximum atomic E-state index is 11.7. The highest BCUT2D eigenvalue weighted by Crippen LogP contribution is 2.29. The van der Waals surface area contributed by atoms with Crippen LogP contribution in [0.15, 0.2) is 47.5 Å². The van der Waals surface area contributed by atoms with Crippen molar-refractivity contribution < 1.29 is 24.2 Å². The Morgan fingerprint density at radius 1 is 1.12 bits per heavy atom. The summed E-state index contributed by atoms with van der Waals surface area (Å²) in [6.45, 7) is 4.15. The second kappa shape index (κ2) is 9.36. The van der Waals surface area contributed by atoms with E-state index in [1.165, 1.54) is 6.07 Å². The minimum Gasteiger partial charge on any atom is -0.490 e. The van der Waals surface area contributed by atoms with Crippen LogP contribution in [0.2, 0.25) is 0 Å². The van der Waals surface area contributed by atoms with Gasteiger partial charge in [0, 0.05) is 12.6 Å². The summed E-state index contributed by atoms with van der Waals surface area (Å²) < 4.78 is 10.9. The zero-order valence-electron chi connectivity index (χ0n) is 14.8. The van der Waals surface area contributed by atoms with Gasteiger partial charge < -0.3 is 14.6 Å². The van der Waals surface area contributed by atoms with Crippen molar-refractivity contribution in [3.63, 3.8) is 0 Å². The molecule has 0 amide bonds. The Balaban J connectivity index is 2.26. The Hall–Kier alpha value is -3.15. The lowest BCUT2D eigenvalue weighted by Gasteiger charge is -2.11. The van der Waals surface area contributed by atoms with Crippen LogP contribution in [0.25, 0.3) is 0 Å². The molecule has 0 bridgehead atoms. The number of rotatable bonds is 8. The predicted molar refractivity (Wildman–Crippen MR) is 98.8 cm³/mol. The number of aromatic carboxylic acids is 1. The summed E-state index contributed by atoms with van der Waals surface area (Å²) in [7, 11) is 0. The lowest BCUT2D eigenvalue weighted by Crippen LogP contribution is -2.08. The molecule has 0 aromatic heterocycles. The van der Waals surface area contributed by atoms with E-state index in [9.17, 15) is 14.7 Å². The van der Waals surface area contributed by atoms with E-state index < -0.39 is 5.97 Å². The van der Waals surface area contributed by atoms with Crippen LogP contribution in [0.1, 0.15) is 42.6 Å². The van der Waals surface area contributed by atoms with E-state index in [0.717, 1.165) is 0 Å². The number of aliphatic imine (C=N–C) groups is 1. The Labute approximate surface area is 152 Å². The molecule has 0 radical (unpaired) electrons. The molecular weight excluding hydrogens is 334 g/mol. The first-order chi connectivity index (χ1) is 12.5. The molecule has 0 spiro atoms. The number of benzene rings is 2. The second-order valence-corrected chi connectivity index (χ2v) is 5.44. The van der Waals surface area contributed by atoms with Gasteiger partial charge in [0.1, 0.15) is 0 Å². The Kier molecular flexibility index (Phi) is 6.91. The van der Waals surface area contributed by atoms with Crippen molar-refractivity contribution in [2.75, 3.05) is 6.61 Å². The van der Waals surface area contributed by atoms with Gasteiger partial charge in [0.15, 0.2) is 11.5 Å². The van der Waals surface area contributed by atoms with Crippen LogP contribution in [0, 0.1) is 0 Å². The van der Waals surface area contributed by atoms with Crippen molar-refractivity contribution in [1.29, 1.82) is 0 Å². The highest BCUT2D eigenvalue weighted by molar-refractivity contribution is 5.95. The summed E-state index contributed by atoms with van der Waals surface area (Å²) in [5.41, 5.74) is 1.18. The number of para-hydroxylation sites is 1. The number of esters is 1. The van der Waals surface area contributed by atoms with Gasteiger partial charge in [-0.15, -0.1) is 0 Å². The standard InChI is InChI=1S/C20H21NO5/c1-3-7-19(22)26-17-11-10-14(12-18(17)25-4-2)13-21-16-9-6-5-8-15(16)20(23)24/h5-6,8-13H,3-4,7H2,1-2H3,(H,23,24). The fourth-order valence-electron chi connectivity index (χ4n) is 2.25. The quantitative estimate of drug-likeness (QED) is 0.435. The van der Waals surface area contributed by atoms with Crippen molar-refractivity contribution in [2.45, 2.75) is 26.7 Å². The number of carboxylic acid groups (broad SMARTS) is 1. The van der Waals surface area contributed by atoms with Crippen molar-refractivity contribution in [1.82, 2.24) is 0 Å². The van der Waals surface area contributed by atoms with Gasteiger partial charge in [0.25, 0.3) is 0 Å². The first-order valence-corrected chi connectivity index (χ1v) is 8.39. The van der Waals surface area contributed by atoms with E-state index in [4.69, 9.17) is 9.47 Å². The van der Waals surface area contributed by atoms with Gasteiger partial charge in [0.2, 0.25) is 0 Å². The van der Waals surface area contributed by atoms with Gasteiger partial charge in [-0.25, -0.2) is 4.79 Å². The molecule has 0 saturated carbocycles. The fraction of sp³-hybridized carbons (Fsp3) is 0.250. The second-order valence-electron chi connectivity index (χ2n) is 5.44. The van der Waals surface area contributed by atoms with Crippen molar-refractivity contribution in [3.8, 4) is 11.5 Å². The molecule has 0 aliphatic rings. The Morgan fingerprint density at radius 3 is 2.58 bits per heavy atom. The highest BCUT2D eigenvalue weighted by atomic mass is 16.6. The van der Waals surface area contributed by atoms with Gasteiger partial charge in [-0.05, 0) is 49.2 Å². The number of carbonyl (C=O) groups excluding carboxylic acids is 1. The fourth-order valence-corrected chi connectivity index (χ4v) is 2.25. The molecule has 0 unspecified atom stereocenters. The van der Waals surface area contributed by atoms with E-state index in [0.29, 0.717) is 42.2 Å². The third-order valence-corrected chi connectivity index (χ3v) is 3.43. The molecule has 6 heteroatoms. The maximum Gasteiger partial charge on any atom is 0.337 e. The topological polar surface area (TPSA) is 85.2 Å². The van der Waals surface area contributed by atoms with E-state index in [1.807, 2.05) is 13.8 Å². The molecule has 26 heavy (non-hydrogen) atoms. The summed E-state index contributed by atoms with van der Waals surface area (Å²) in [5, 5.41) is 9.20. The minimum absolute atomic E-state index is 0.124. The molecule has 0 atom stereocenters. The number of hydrogen-bond acceptors (Lipinski definition) is 5. The third kappa shape index (κ3) is 5.17. The van der Waals surface area contributed by atoms with Gasteiger partial charge in [0.05, 0.1) is 17.9 Å². The molecule has 0 aliphatic carbocycles. The molecule has 6 nitrogen and oxygen atoms in total. The van der Waals surface area contributed by atoms with E-state index in [-0.39, 0.29) is 11.5 Å². The highest BCUT2D eigenvalue weighted by Gasteiger charge is 2.11. The van der Waals surface area contributed by atoms with Gasteiger partial charge >= 0.3 is 11.9 Å². The lowest BCUT2D eigenvalue weighted by atomic mass is 10.1. The number of hydrogen-bond donors (Lipinski definition) is 1. The third-order valence-electron chi connectivity index (χ3n) is 3.43. The maximum absolute atomic E-state index is 11.7. The summed E-state index contributed by atoms with van der Waals surface area (Å²) in [6.07, 6.45) is 2.58. The van der Waals surface area contributed by atoms with E-state index in [2.05, 4.69) is 4.99 Å². The zero-order chi connectivity index (χ0) is 18.9. The van der Waals surface area contributed by atoms with Crippen molar-refractivity contribution >= 4 is 23.8 Å². The molecule has 0 aliphatic heterocycles. The Bertz CT molecular complexity index is 814. The van der Waals surface area contributed by atoms with Gasteiger partial charge in [-0.2, -0.15) is 0 Å². The molecule has 0 saturated heterocycles. The molecule has 2 aromatic carbocycles. The summed E-state index contributed by atoms with van der Waals surface area (Å²) in [5.74, 6) is -0.558. The van der Waals surface area contributed by atoms with Crippen LogP contribution < -0.4 is 9.47 Å². The van der Waals surface area contributed by atoms with Crippen LogP contribution in [0.3, 0.4) is 0 Å². The average molecular weight is 355 g/mol. The van der Waals surface area contributed by atoms with Gasteiger partial charge in [-0.3, -0.25) is 9.79 Å². The van der Waals surface area contributed by atoms with Crippen molar-refractivity contribution in [3.05, 3.63) is 53.6 Å². The van der Waals surface area contributed by atoms with Crippen LogP contribution in [0.4, 0.5) is 5.69 Å². The lowest BCUT2D eigenvalue weighted by molar-refractivity contribution is -0.134. The van der Waals surface area contributed by atoms with Crippen LogP contribution in [-0.4, -0.2) is 29.9 Å². The Morgan fingerprint density at radius 2 is 1.88 bits per heavy atom. The minimum atomic E-state index is -1.04. The largest absolute Gasteiger partial charge is 0.490 e. The summed E-state index contributed by atoms with van der Waals surface area (Å²) in [6, 6.07) is 11.6. The summed E-state index contributed by atoms with van der Waals surface area (Å²) in [4.78, 5) is 27.2. The monoisotopic (exact) mass is 355 g/mol. The number of nitrogens with zero attached hydrogens (tertiary/aromatic N) is 1. The molecule has 0 heterocycles. The number of carboxylic acids is 1. The molecule has 136 valence electrons. The molecule has 2 rings (SSSR count). The van der Waals surface area contributed by atoms with E-state index in [1.54, 1.807) is 42.6 Å². The van der Waals surface area contributed by atoms with Crippen LogP contribution in [-0.2, 0) is 4.79 Å². The molecule has 2 aromatic rings. The first kappa shape index (κ1) is 19.2.